The number of rotatable bonds is 6. The molecule has 0 aliphatic carbocycles. The van der Waals surface area contributed by atoms with E-state index in [2.05, 4.69) is 5.32 Å². The van der Waals surface area contributed by atoms with Gasteiger partial charge in [0.2, 0.25) is 0 Å². The van der Waals surface area contributed by atoms with E-state index in [-0.39, 0.29) is 12.0 Å². The van der Waals surface area contributed by atoms with E-state index in [9.17, 15) is 4.79 Å². The summed E-state index contributed by atoms with van der Waals surface area (Å²) in [5, 5.41) is 12.4. The zero-order chi connectivity index (χ0) is 16.9. The Labute approximate surface area is 141 Å². The zero-order valence-electron chi connectivity index (χ0n) is 13.6. The minimum Gasteiger partial charge on any atom is -0.493 e. The van der Waals surface area contributed by atoms with Gasteiger partial charge in [-0.25, -0.2) is 0 Å². The molecule has 2 aromatic carbocycles. The lowest BCUT2D eigenvalue weighted by Crippen LogP contribution is -2.17. The molecule has 0 spiro atoms. The molecule has 1 aliphatic heterocycles. The van der Waals surface area contributed by atoms with Crippen LogP contribution in [0.15, 0.2) is 48.5 Å². The highest BCUT2D eigenvalue weighted by Crippen LogP contribution is 2.34. The summed E-state index contributed by atoms with van der Waals surface area (Å²) in [6.45, 7) is 0.966. The largest absolute Gasteiger partial charge is 0.493 e. The van der Waals surface area contributed by atoms with E-state index < -0.39 is 5.97 Å². The summed E-state index contributed by atoms with van der Waals surface area (Å²) in [6, 6.07) is 15.7. The maximum absolute atomic E-state index is 11.1. The smallest absolute Gasteiger partial charge is 0.307 e. The molecule has 1 saturated heterocycles. The minimum absolute atomic E-state index is 0.0307. The zero-order valence-corrected chi connectivity index (χ0v) is 13.6. The van der Waals surface area contributed by atoms with Crippen LogP contribution < -0.4 is 14.8 Å². The van der Waals surface area contributed by atoms with Crippen LogP contribution >= 0.6 is 0 Å². The molecule has 0 saturated carbocycles. The number of ether oxygens (including phenoxy) is 2. The van der Waals surface area contributed by atoms with Gasteiger partial charge in [0.25, 0.3) is 0 Å². The van der Waals surface area contributed by atoms with Crippen molar-refractivity contribution in [3.63, 3.8) is 0 Å². The second kappa shape index (κ2) is 7.36. The molecule has 3 rings (SSSR count). The molecule has 0 amide bonds. The molecule has 5 heteroatoms. The fourth-order valence-electron chi connectivity index (χ4n) is 2.93. The first-order chi connectivity index (χ1) is 11.7. The molecule has 126 valence electrons. The predicted octanol–water partition coefficient (Wildman–Crippen LogP) is 3.01. The van der Waals surface area contributed by atoms with E-state index in [1.807, 2.05) is 48.5 Å². The maximum Gasteiger partial charge on any atom is 0.307 e. The van der Waals surface area contributed by atoms with Crippen LogP contribution in [-0.2, 0) is 11.4 Å². The Morgan fingerprint density at radius 2 is 2.00 bits per heavy atom. The summed E-state index contributed by atoms with van der Waals surface area (Å²) >= 11 is 0. The summed E-state index contributed by atoms with van der Waals surface area (Å²) in [4.78, 5) is 11.1. The second-order valence-electron chi connectivity index (χ2n) is 5.92. The van der Waals surface area contributed by atoms with Crippen LogP contribution in [0.2, 0.25) is 0 Å². The van der Waals surface area contributed by atoms with Gasteiger partial charge in [-0.2, -0.15) is 0 Å². The van der Waals surface area contributed by atoms with Crippen molar-refractivity contribution in [2.75, 3.05) is 13.7 Å². The van der Waals surface area contributed by atoms with Gasteiger partial charge in [0, 0.05) is 12.6 Å². The Bertz CT molecular complexity index is 702. The highest BCUT2D eigenvalue weighted by molar-refractivity contribution is 5.70. The van der Waals surface area contributed by atoms with Crippen LogP contribution in [0.4, 0.5) is 0 Å². The van der Waals surface area contributed by atoms with Gasteiger partial charge in [0.05, 0.1) is 13.0 Å². The number of hydrogen-bond acceptors (Lipinski definition) is 4. The van der Waals surface area contributed by atoms with Crippen LogP contribution in [0.1, 0.15) is 23.6 Å². The van der Waals surface area contributed by atoms with Crippen molar-refractivity contribution < 1.29 is 19.4 Å². The minimum atomic E-state index is -0.750. The van der Waals surface area contributed by atoms with Crippen molar-refractivity contribution in [1.29, 1.82) is 0 Å². The van der Waals surface area contributed by atoms with Crippen molar-refractivity contribution in [3.05, 3.63) is 59.7 Å². The highest BCUT2D eigenvalue weighted by atomic mass is 16.5. The van der Waals surface area contributed by atoms with E-state index in [0.29, 0.717) is 31.1 Å². The monoisotopic (exact) mass is 327 g/mol. The lowest BCUT2D eigenvalue weighted by Gasteiger charge is -2.15. The van der Waals surface area contributed by atoms with Crippen molar-refractivity contribution in [1.82, 2.24) is 5.32 Å². The van der Waals surface area contributed by atoms with E-state index in [0.717, 1.165) is 11.1 Å². The van der Waals surface area contributed by atoms with Gasteiger partial charge in [0.15, 0.2) is 11.5 Å². The van der Waals surface area contributed by atoms with Gasteiger partial charge < -0.3 is 19.9 Å². The number of nitrogens with one attached hydrogen (secondary N) is 1. The van der Waals surface area contributed by atoms with Gasteiger partial charge in [-0.15, -0.1) is 0 Å². The Balaban J connectivity index is 1.70. The first-order valence-corrected chi connectivity index (χ1v) is 7.98. The van der Waals surface area contributed by atoms with E-state index in [1.165, 1.54) is 0 Å². The van der Waals surface area contributed by atoms with Crippen molar-refractivity contribution >= 4 is 5.97 Å². The Hall–Kier alpha value is -2.53. The summed E-state index contributed by atoms with van der Waals surface area (Å²) in [7, 11) is 1.61. The number of methoxy groups -OCH3 is 1. The number of hydrogen-bond donors (Lipinski definition) is 2. The molecule has 2 N–H and O–H groups in total. The van der Waals surface area contributed by atoms with Gasteiger partial charge in [-0.05, 0) is 29.7 Å². The predicted molar refractivity (Wildman–Crippen MR) is 90.3 cm³/mol. The second-order valence-corrected chi connectivity index (χ2v) is 5.92. The fourth-order valence-corrected chi connectivity index (χ4v) is 2.93. The quantitative estimate of drug-likeness (QED) is 0.854. The van der Waals surface area contributed by atoms with Crippen LogP contribution in [0, 0.1) is 5.92 Å². The molecular weight excluding hydrogens is 306 g/mol. The third-order valence-electron chi connectivity index (χ3n) is 4.31. The first kappa shape index (κ1) is 16.3. The number of carboxylic acids is 1. The summed E-state index contributed by atoms with van der Waals surface area (Å²) in [5.74, 6) is 0.247. The number of aliphatic carboxylic acids is 1. The van der Waals surface area contributed by atoms with Crippen LogP contribution in [-0.4, -0.2) is 24.7 Å². The first-order valence-electron chi connectivity index (χ1n) is 7.98. The SMILES string of the molecule is COc1cc(C2CC(C(=O)O)CN2)ccc1OCc1ccccc1. The average molecular weight is 327 g/mol. The Kier molecular flexibility index (Phi) is 5.01. The van der Waals surface area contributed by atoms with Gasteiger partial charge in [-0.1, -0.05) is 36.4 Å². The lowest BCUT2D eigenvalue weighted by atomic mass is 10.00. The molecule has 1 fully saturated rings. The summed E-state index contributed by atoms with van der Waals surface area (Å²) in [6.07, 6.45) is 0.586. The molecule has 0 radical (unpaired) electrons. The summed E-state index contributed by atoms with van der Waals surface area (Å²) < 4.78 is 11.3. The summed E-state index contributed by atoms with van der Waals surface area (Å²) in [5.41, 5.74) is 2.10. The standard InChI is InChI=1S/C19H21NO4/c1-23-18-10-14(16-9-15(11-20-16)19(21)22)7-8-17(18)24-12-13-5-3-2-4-6-13/h2-8,10,15-16,20H,9,11-12H2,1H3,(H,21,22). The average Bonchev–Trinajstić information content (AvgIpc) is 3.11. The molecule has 1 heterocycles. The molecule has 24 heavy (non-hydrogen) atoms. The fraction of sp³-hybridized carbons (Fsp3) is 0.316. The molecule has 2 atom stereocenters. The Morgan fingerprint density at radius 3 is 2.67 bits per heavy atom. The third kappa shape index (κ3) is 3.68. The van der Waals surface area contributed by atoms with E-state index >= 15 is 0 Å². The van der Waals surface area contributed by atoms with Gasteiger partial charge >= 0.3 is 5.97 Å². The third-order valence-corrected chi connectivity index (χ3v) is 4.31. The molecule has 5 nitrogen and oxygen atoms in total. The van der Waals surface area contributed by atoms with Crippen molar-refractivity contribution in [3.8, 4) is 11.5 Å². The van der Waals surface area contributed by atoms with Crippen LogP contribution in [0.25, 0.3) is 0 Å². The Morgan fingerprint density at radius 1 is 1.21 bits per heavy atom. The molecule has 0 aromatic heterocycles. The molecule has 2 unspecified atom stereocenters. The van der Waals surface area contributed by atoms with Gasteiger partial charge in [-0.3, -0.25) is 4.79 Å². The molecular formula is C19H21NO4. The number of benzene rings is 2. The van der Waals surface area contributed by atoms with Crippen LogP contribution in [0.3, 0.4) is 0 Å². The lowest BCUT2D eigenvalue weighted by molar-refractivity contribution is -0.141. The molecule has 1 aliphatic rings. The number of carbonyl (C=O) groups is 1. The van der Waals surface area contributed by atoms with E-state index in [1.54, 1.807) is 7.11 Å². The maximum atomic E-state index is 11.1. The molecule has 2 aromatic rings. The highest BCUT2D eigenvalue weighted by Gasteiger charge is 2.30. The number of carboxylic acid groups (broad SMARTS) is 1. The van der Waals surface area contributed by atoms with Crippen LogP contribution in [0.5, 0.6) is 11.5 Å². The van der Waals surface area contributed by atoms with Gasteiger partial charge in [0.1, 0.15) is 6.61 Å². The molecule has 0 bridgehead atoms. The van der Waals surface area contributed by atoms with Crippen molar-refractivity contribution in [2.45, 2.75) is 19.1 Å². The normalized spacial score (nSPS) is 19.9. The van der Waals surface area contributed by atoms with Crippen molar-refractivity contribution in [2.24, 2.45) is 5.92 Å². The topological polar surface area (TPSA) is 67.8 Å². The van der Waals surface area contributed by atoms with E-state index in [4.69, 9.17) is 14.6 Å².